The molecular weight excluding hydrogens is 276 g/mol. The fourth-order valence-corrected chi connectivity index (χ4v) is 3.06. The Morgan fingerprint density at radius 1 is 1.33 bits per heavy atom. The summed E-state index contributed by atoms with van der Waals surface area (Å²) >= 11 is 0. The molecule has 2 atom stereocenters. The van der Waals surface area contributed by atoms with Crippen molar-refractivity contribution in [1.29, 1.82) is 0 Å². The van der Waals surface area contributed by atoms with E-state index in [-0.39, 0.29) is 23.9 Å². The van der Waals surface area contributed by atoms with Gasteiger partial charge in [0.1, 0.15) is 0 Å². The van der Waals surface area contributed by atoms with Crippen LogP contribution in [0.1, 0.15) is 18.0 Å². The van der Waals surface area contributed by atoms with Gasteiger partial charge in [0, 0.05) is 25.7 Å². The Morgan fingerprint density at radius 2 is 2.10 bits per heavy atom. The molecule has 0 bridgehead atoms. The second kappa shape index (κ2) is 5.69. The van der Waals surface area contributed by atoms with E-state index in [1.807, 2.05) is 7.05 Å². The summed E-state index contributed by atoms with van der Waals surface area (Å²) < 4.78 is 26.5. The van der Waals surface area contributed by atoms with Crippen LogP contribution in [0.15, 0.2) is 18.2 Å². The van der Waals surface area contributed by atoms with Crippen LogP contribution in [0, 0.1) is 17.6 Å². The van der Waals surface area contributed by atoms with Gasteiger partial charge in [-0.25, -0.2) is 8.78 Å². The first-order valence-corrected chi connectivity index (χ1v) is 7.22. The van der Waals surface area contributed by atoms with Gasteiger partial charge >= 0.3 is 0 Å². The van der Waals surface area contributed by atoms with Gasteiger partial charge in [-0.15, -0.1) is 0 Å². The molecule has 1 aromatic carbocycles. The van der Waals surface area contributed by atoms with E-state index in [4.69, 9.17) is 0 Å². The van der Waals surface area contributed by atoms with E-state index < -0.39 is 11.6 Å². The Labute approximate surface area is 122 Å². The molecule has 2 heterocycles. The van der Waals surface area contributed by atoms with Crippen molar-refractivity contribution in [1.82, 2.24) is 15.5 Å². The maximum atomic E-state index is 13.5. The molecule has 2 aliphatic heterocycles. The molecule has 3 rings (SSSR count). The Morgan fingerprint density at radius 3 is 2.71 bits per heavy atom. The standard InChI is InChI=1S/C15H19F2N3O/c1-20-5-4-13(19-15(21)10-7-18-8-10)14(20)9-2-3-11(16)12(17)6-9/h2-3,6,10,13-14,18H,4-5,7-8H2,1H3,(H,19,21). The van der Waals surface area contributed by atoms with Crippen molar-refractivity contribution in [3.8, 4) is 0 Å². The van der Waals surface area contributed by atoms with Gasteiger partial charge in [0.15, 0.2) is 11.6 Å². The number of hydrogen-bond donors (Lipinski definition) is 2. The highest BCUT2D eigenvalue weighted by Crippen LogP contribution is 2.32. The van der Waals surface area contributed by atoms with Gasteiger partial charge in [-0.2, -0.15) is 0 Å². The summed E-state index contributed by atoms with van der Waals surface area (Å²) in [6.07, 6.45) is 0.812. The fourth-order valence-electron chi connectivity index (χ4n) is 3.06. The SMILES string of the molecule is CN1CCC(NC(=O)C2CNC2)C1c1ccc(F)c(F)c1. The average Bonchev–Trinajstić information content (AvgIpc) is 2.72. The predicted octanol–water partition coefficient (Wildman–Crippen LogP) is 1.05. The van der Waals surface area contributed by atoms with Crippen LogP contribution in [0.4, 0.5) is 8.78 Å². The molecule has 0 aliphatic carbocycles. The van der Waals surface area contributed by atoms with Crippen molar-refractivity contribution in [3.05, 3.63) is 35.4 Å². The number of nitrogens with zero attached hydrogens (tertiary/aromatic N) is 1. The van der Waals surface area contributed by atoms with Gasteiger partial charge in [-0.3, -0.25) is 9.69 Å². The van der Waals surface area contributed by atoms with Crippen LogP contribution in [0.25, 0.3) is 0 Å². The number of halogens is 2. The number of nitrogens with one attached hydrogen (secondary N) is 2. The molecule has 0 aromatic heterocycles. The van der Waals surface area contributed by atoms with E-state index in [9.17, 15) is 13.6 Å². The number of hydrogen-bond acceptors (Lipinski definition) is 3. The van der Waals surface area contributed by atoms with Crippen LogP contribution in [-0.2, 0) is 4.79 Å². The monoisotopic (exact) mass is 295 g/mol. The van der Waals surface area contributed by atoms with Crippen LogP contribution in [0.3, 0.4) is 0 Å². The number of carbonyl (C=O) groups excluding carboxylic acids is 1. The zero-order valence-corrected chi connectivity index (χ0v) is 11.9. The second-order valence-corrected chi connectivity index (χ2v) is 5.86. The highest BCUT2D eigenvalue weighted by molar-refractivity contribution is 5.80. The Bertz CT molecular complexity index is 548. The first-order valence-electron chi connectivity index (χ1n) is 7.22. The topological polar surface area (TPSA) is 44.4 Å². The number of amides is 1. The molecule has 1 aromatic rings. The third-order valence-electron chi connectivity index (χ3n) is 4.41. The quantitative estimate of drug-likeness (QED) is 0.876. The number of carbonyl (C=O) groups is 1. The van der Waals surface area contributed by atoms with Gasteiger partial charge in [0.05, 0.1) is 12.0 Å². The van der Waals surface area contributed by atoms with Crippen LogP contribution in [0.2, 0.25) is 0 Å². The molecule has 4 nitrogen and oxygen atoms in total. The van der Waals surface area contributed by atoms with Gasteiger partial charge in [-0.05, 0) is 31.2 Å². The lowest BCUT2D eigenvalue weighted by Gasteiger charge is -2.30. The average molecular weight is 295 g/mol. The highest BCUT2D eigenvalue weighted by atomic mass is 19.2. The first-order chi connectivity index (χ1) is 10.1. The van der Waals surface area contributed by atoms with E-state index >= 15 is 0 Å². The van der Waals surface area contributed by atoms with E-state index in [0.717, 1.165) is 19.0 Å². The maximum absolute atomic E-state index is 13.5. The van der Waals surface area contributed by atoms with Crippen molar-refractivity contribution in [2.24, 2.45) is 5.92 Å². The van der Waals surface area contributed by atoms with E-state index in [2.05, 4.69) is 15.5 Å². The summed E-state index contributed by atoms with van der Waals surface area (Å²) in [7, 11) is 1.93. The van der Waals surface area contributed by atoms with Crippen LogP contribution < -0.4 is 10.6 Å². The summed E-state index contributed by atoms with van der Waals surface area (Å²) in [5.41, 5.74) is 0.700. The lowest BCUT2D eigenvalue weighted by atomic mass is 9.97. The summed E-state index contributed by atoms with van der Waals surface area (Å²) in [6, 6.07) is 3.79. The van der Waals surface area contributed by atoms with Crippen LogP contribution >= 0.6 is 0 Å². The summed E-state index contributed by atoms with van der Waals surface area (Å²) in [5, 5.41) is 6.13. The maximum Gasteiger partial charge on any atom is 0.225 e. The van der Waals surface area contributed by atoms with Gasteiger partial charge in [0.25, 0.3) is 0 Å². The van der Waals surface area contributed by atoms with Gasteiger partial charge in [0.2, 0.25) is 5.91 Å². The minimum atomic E-state index is -0.847. The second-order valence-electron chi connectivity index (χ2n) is 5.86. The predicted molar refractivity (Wildman–Crippen MR) is 74.6 cm³/mol. The van der Waals surface area contributed by atoms with Crippen molar-refractivity contribution in [3.63, 3.8) is 0 Å². The molecule has 2 aliphatic rings. The zero-order chi connectivity index (χ0) is 15.0. The fraction of sp³-hybridized carbons (Fsp3) is 0.533. The lowest BCUT2D eigenvalue weighted by molar-refractivity contribution is -0.127. The lowest BCUT2D eigenvalue weighted by Crippen LogP contribution is -2.53. The van der Waals surface area contributed by atoms with Crippen LogP contribution in [-0.4, -0.2) is 43.5 Å². The van der Waals surface area contributed by atoms with Crippen molar-refractivity contribution in [2.75, 3.05) is 26.7 Å². The third kappa shape index (κ3) is 2.78. The molecule has 2 saturated heterocycles. The number of benzene rings is 1. The molecule has 2 fully saturated rings. The Balaban J connectivity index is 1.76. The van der Waals surface area contributed by atoms with Gasteiger partial charge < -0.3 is 10.6 Å². The van der Waals surface area contributed by atoms with Crippen LogP contribution in [0.5, 0.6) is 0 Å². The molecule has 2 N–H and O–H groups in total. The van der Waals surface area contributed by atoms with Gasteiger partial charge in [-0.1, -0.05) is 6.07 Å². The number of likely N-dealkylation sites (N-methyl/N-ethyl adjacent to an activating group) is 1. The molecule has 1 amide bonds. The summed E-state index contributed by atoms with van der Waals surface area (Å²) in [6.45, 7) is 2.24. The number of rotatable bonds is 3. The molecule has 2 unspecified atom stereocenters. The Kier molecular flexibility index (Phi) is 3.91. The van der Waals surface area contributed by atoms with Crippen molar-refractivity contribution < 1.29 is 13.6 Å². The molecule has 0 saturated carbocycles. The molecule has 0 spiro atoms. The Hall–Kier alpha value is -1.53. The van der Waals surface area contributed by atoms with Crippen molar-refractivity contribution in [2.45, 2.75) is 18.5 Å². The molecule has 0 radical (unpaired) electrons. The van der Waals surface area contributed by atoms with E-state index in [1.54, 1.807) is 6.07 Å². The highest BCUT2D eigenvalue weighted by Gasteiger charge is 2.36. The van der Waals surface area contributed by atoms with Crippen molar-refractivity contribution >= 4 is 5.91 Å². The van der Waals surface area contributed by atoms with E-state index in [0.29, 0.717) is 18.7 Å². The number of likely N-dealkylation sites (tertiary alicyclic amines) is 1. The van der Waals surface area contributed by atoms with E-state index in [1.165, 1.54) is 6.07 Å². The molecule has 21 heavy (non-hydrogen) atoms. The zero-order valence-electron chi connectivity index (χ0n) is 11.9. The molecule has 6 heteroatoms. The minimum Gasteiger partial charge on any atom is -0.351 e. The first kappa shape index (κ1) is 14.4. The minimum absolute atomic E-state index is 0.0292. The third-order valence-corrected chi connectivity index (χ3v) is 4.41. The molecular formula is C15H19F2N3O. The normalized spacial score (nSPS) is 26.6. The molecule has 114 valence electrons. The largest absolute Gasteiger partial charge is 0.351 e. The smallest absolute Gasteiger partial charge is 0.225 e. The summed E-state index contributed by atoms with van der Waals surface area (Å²) in [5.74, 6) is -1.62. The summed E-state index contributed by atoms with van der Waals surface area (Å²) in [4.78, 5) is 14.1.